The van der Waals surface area contributed by atoms with Crippen LogP contribution in [-0.2, 0) is 9.53 Å². The molecule has 1 aromatic rings. The number of thiophene rings is 1. The van der Waals surface area contributed by atoms with Gasteiger partial charge in [-0.15, -0.1) is 11.3 Å². The molecule has 2 heterocycles. The fraction of sp³-hybridized carbons (Fsp3) is 0.545. The van der Waals surface area contributed by atoms with E-state index in [2.05, 4.69) is 18.4 Å². The summed E-state index contributed by atoms with van der Waals surface area (Å²) >= 11 is 1.72. The number of esters is 1. The second kappa shape index (κ2) is 4.13. The van der Waals surface area contributed by atoms with E-state index in [0.717, 1.165) is 12.8 Å². The minimum atomic E-state index is -0.0400. The molecule has 0 bridgehead atoms. The maximum Gasteiger partial charge on any atom is 0.306 e. The molecular formula is C11H14O2S. The Morgan fingerprint density at radius 1 is 1.64 bits per heavy atom. The minimum absolute atomic E-state index is 0.0400. The Balaban J connectivity index is 2.13. The summed E-state index contributed by atoms with van der Waals surface area (Å²) in [5.41, 5.74) is 0. The lowest BCUT2D eigenvalue weighted by molar-refractivity contribution is -0.141. The Labute approximate surface area is 87.9 Å². The molecule has 0 amide bonds. The Bertz CT molecular complexity index is 305. The third-order valence-electron chi connectivity index (χ3n) is 2.60. The largest absolute Gasteiger partial charge is 0.462 e. The molecule has 0 spiro atoms. The SMILES string of the molecule is CCC[C@H]1OC(=O)C[C@H]1c1cccs1. The summed E-state index contributed by atoms with van der Waals surface area (Å²) in [5, 5.41) is 2.06. The molecule has 1 fully saturated rings. The van der Waals surface area contributed by atoms with E-state index in [0.29, 0.717) is 12.3 Å². The summed E-state index contributed by atoms with van der Waals surface area (Å²) in [6.07, 6.45) is 2.73. The van der Waals surface area contributed by atoms with E-state index in [1.807, 2.05) is 6.07 Å². The molecular weight excluding hydrogens is 196 g/mol. The molecule has 0 aliphatic carbocycles. The van der Waals surface area contributed by atoms with E-state index in [1.54, 1.807) is 11.3 Å². The van der Waals surface area contributed by atoms with Crippen LogP contribution in [0.3, 0.4) is 0 Å². The van der Waals surface area contributed by atoms with Crippen molar-refractivity contribution in [3.8, 4) is 0 Å². The highest BCUT2D eigenvalue weighted by Crippen LogP contribution is 2.36. The van der Waals surface area contributed by atoms with Gasteiger partial charge in [-0.05, 0) is 17.9 Å². The molecule has 2 rings (SSSR count). The van der Waals surface area contributed by atoms with Crippen molar-refractivity contribution < 1.29 is 9.53 Å². The zero-order valence-corrected chi connectivity index (χ0v) is 9.05. The first kappa shape index (κ1) is 9.71. The van der Waals surface area contributed by atoms with Crippen molar-refractivity contribution in [1.29, 1.82) is 0 Å². The molecule has 0 radical (unpaired) electrons. The molecule has 3 heteroatoms. The second-order valence-electron chi connectivity index (χ2n) is 3.64. The van der Waals surface area contributed by atoms with Gasteiger partial charge in [0.1, 0.15) is 6.10 Å². The maximum absolute atomic E-state index is 11.2. The number of rotatable bonds is 3. The topological polar surface area (TPSA) is 26.3 Å². The third kappa shape index (κ3) is 1.82. The molecule has 0 N–H and O–H groups in total. The van der Waals surface area contributed by atoms with Crippen molar-refractivity contribution in [2.24, 2.45) is 0 Å². The van der Waals surface area contributed by atoms with Crippen LogP contribution in [0.25, 0.3) is 0 Å². The smallest absolute Gasteiger partial charge is 0.306 e. The lowest BCUT2D eigenvalue weighted by atomic mass is 9.96. The number of hydrogen-bond donors (Lipinski definition) is 0. The van der Waals surface area contributed by atoms with E-state index < -0.39 is 0 Å². The lowest BCUT2D eigenvalue weighted by Gasteiger charge is -2.14. The van der Waals surface area contributed by atoms with E-state index in [1.165, 1.54) is 4.88 Å². The quantitative estimate of drug-likeness (QED) is 0.717. The van der Waals surface area contributed by atoms with Gasteiger partial charge in [-0.3, -0.25) is 4.79 Å². The van der Waals surface area contributed by atoms with Gasteiger partial charge in [-0.1, -0.05) is 19.4 Å². The standard InChI is InChI=1S/C11H14O2S/c1-2-4-9-8(7-11(12)13-9)10-5-3-6-14-10/h3,5-6,8-9H,2,4,7H2,1H3/t8-,9-/m1/s1. The van der Waals surface area contributed by atoms with Crippen molar-refractivity contribution in [1.82, 2.24) is 0 Å². The van der Waals surface area contributed by atoms with Gasteiger partial charge in [0.25, 0.3) is 0 Å². The number of hydrogen-bond acceptors (Lipinski definition) is 3. The summed E-state index contributed by atoms with van der Waals surface area (Å²) in [7, 11) is 0. The Morgan fingerprint density at radius 2 is 2.50 bits per heavy atom. The van der Waals surface area contributed by atoms with Crippen molar-refractivity contribution in [2.75, 3.05) is 0 Å². The van der Waals surface area contributed by atoms with Crippen molar-refractivity contribution in [3.05, 3.63) is 22.4 Å². The summed E-state index contributed by atoms with van der Waals surface area (Å²) in [6, 6.07) is 4.13. The van der Waals surface area contributed by atoms with Gasteiger partial charge < -0.3 is 4.74 Å². The van der Waals surface area contributed by atoms with Crippen LogP contribution < -0.4 is 0 Å². The first-order valence-electron chi connectivity index (χ1n) is 5.04. The lowest BCUT2D eigenvalue weighted by Crippen LogP contribution is -2.13. The van der Waals surface area contributed by atoms with Gasteiger partial charge in [0.15, 0.2) is 0 Å². The molecule has 1 aromatic heterocycles. The van der Waals surface area contributed by atoms with E-state index >= 15 is 0 Å². The van der Waals surface area contributed by atoms with Gasteiger partial charge in [0.2, 0.25) is 0 Å². The summed E-state index contributed by atoms with van der Waals surface area (Å²) < 4.78 is 5.31. The Morgan fingerprint density at radius 3 is 3.14 bits per heavy atom. The van der Waals surface area contributed by atoms with Crippen molar-refractivity contribution in [2.45, 2.75) is 38.2 Å². The number of carbonyl (C=O) groups is 1. The predicted octanol–water partition coefficient (Wildman–Crippen LogP) is 2.95. The second-order valence-corrected chi connectivity index (χ2v) is 4.62. The fourth-order valence-corrected chi connectivity index (χ4v) is 2.82. The zero-order chi connectivity index (χ0) is 9.97. The monoisotopic (exact) mass is 210 g/mol. The molecule has 1 aliphatic rings. The fourth-order valence-electron chi connectivity index (χ4n) is 1.94. The van der Waals surface area contributed by atoms with Crippen LogP contribution in [0.1, 0.15) is 37.0 Å². The molecule has 1 saturated heterocycles. The Kier molecular flexibility index (Phi) is 2.87. The maximum atomic E-state index is 11.2. The number of cyclic esters (lactones) is 1. The third-order valence-corrected chi connectivity index (χ3v) is 3.60. The van der Waals surface area contributed by atoms with Crippen LogP contribution in [0, 0.1) is 0 Å². The van der Waals surface area contributed by atoms with Gasteiger partial charge in [0.05, 0.1) is 6.42 Å². The van der Waals surface area contributed by atoms with Crippen LogP contribution in [0.2, 0.25) is 0 Å². The first-order valence-corrected chi connectivity index (χ1v) is 5.92. The molecule has 0 aromatic carbocycles. The molecule has 76 valence electrons. The van der Waals surface area contributed by atoms with Crippen molar-refractivity contribution in [3.63, 3.8) is 0 Å². The van der Waals surface area contributed by atoms with Crippen LogP contribution in [0.4, 0.5) is 0 Å². The van der Waals surface area contributed by atoms with E-state index in [-0.39, 0.29) is 12.1 Å². The molecule has 14 heavy (non-hydrogen) atoms. The highest BCUT2D eigenvalue weighted by Gasteiger charge is 2.35. The summed E-state index contributed by atoms with van der Waals surface area (Å²) in [5.74, 6) is 0.268. The van der Waals surface area contributed by atoms with Gasteiger partial charge in [-0.25, -0.2) is 0 Å². The van der Waals surface area contributed by atoms with Crippen LogP contribution in [0.15, 0.2) is 17.5 Å². The molecule has 0 saturated carbocycles. The zero-order valence-electron chi connectivity index (χ0n) is 8.23. The van der Waals surface area contributed by atoms with Crippen LogP contribution >= 0.6 is 11.3 Å². The molecule has 2 atom stereocenters. The van der Waals surface area contributed by atoms with Crippen LogP contribution in [-0.4, -0.2) is 12.1 Å². The summed E-state index contributed by atoms with van der Waals surface area (Å²) in [4.78, 5) is 12.5. The van der Waals surface area contributed by atoms with Crippen LogP contribution in [0.5, 0.6) is 0 Å². The predicted molar refractivity (Wildman–Crippen MR) is 56.5 cm³/mol. The van der Waals surface area contributed by atoms with Gasteiger partial charge in [-0.2, -0.15) is 0 Å². The first-order chi connectivity index (χ1) is 6.81. The normalized spacial score (nSPS) is 26.5. The molecule has 0 unspecified atom stereocenters. The summed E-state index contributed by atoms with van der Waals surface area (Å²) in [6.45, 7) is 2.12. The highest BCUT2D eigenvalue weighted by atomic mass is 32.1. The average molecular weight is 210 g/mol. The molecule has 2 nitrogen and oxygen atoms in total. The van der Waals surface area contributed by atoms with E-state index in [4.69, 9.17) is 4.74 Å². The van der Waals surface area contributed by atoms with E-state index in [9.17, 15) is 4.79 Å². The minimum Gasteiger partial charge on any atom is -0.462 e. The molecule has 1 aliphatic heterocycles. The number of carbonyl (C=O) groups excluding carboxylic acids is 1. The highest BCUT2D eigenvalue weighted by molar-refractivity contribution is 7.10. The van der Waals surface area contributed by atoms with Crippen molar-refractivity contribution >= 4 is 17.3 Å². The Hall–Kier alpha value is -0.830. The van der Waals surface area contributed by atoms with Gasteiger partial charge in [0, 0.05) is 10.8 Å². The average Bonchev–Trinajstić information content (AvgIpc) is 2.74. The van der Waals surface area contributed by atoms with Gasteiger partial charge >= 0.3 is 5.97 Å². The number of ether oxygens (including phenoxy) is 1.